The van der Waals surface area contributed by atoms with Crippen LogP contribution in [0.3, 0.4) is 0 Å². The van der Waals surface area contributed by atoms with Gasteiger partial charge in [0.15, 0.2) is 11.5 Å². The van der Waals surface area contributed by atoms with Crippen molar-refractivity contribution in [2.45, 2.75) is 6.29 Å². The van der Waals surface area contributed by atoms with Crippen molar-refractivity contribution in [1.29, 1.82) is 0 Å². The minimum absolute atomic E-state index is 0.0321. The molecular weight excluding hydrogens is 307 g/mol. The quantitative estimate of drug-likeness (QED) is 0.690. The lowest BCUT2D eigenvalue weighted by atomic mass is 10.1. The number of nitro benzene ring substituents is 1. The molecule has 0 atom stereocenters. The number of nitro groups is 1. The molecule has 0 aromatic heterocycles. The number of para-hydroxylation sites is 2. The maximum atomic E-state index is 13.7. The van der Waals surface area contributed by atoms with Gasteiger partial charge in [-0.2, -0.15) is 0 Å². The fraction of sp³-hybridized carbons (Fsp3) is 0.133. The van der Waals surface area contributed by atoms with E-state index in [0.29, 0.717) is 11.5 Å². The highest BCUT2D eigenvalue weighted by molar-refractivity contribution is 5.95. The third kappa shape index (κ3) is 3.05. The van der Waals surface area contributed by atoms with Crippen molar-refractivity contribution in [2.75, 3.05) is 6.54 Å². The summed E-state index contributed by atoms with van der Waals surface area (Å²) in [6.07, 6.45) is -0.738. The van der Waals surface area contributed by atoms with Gasteiger partial charge in [-0.15, -0.1) is 0 Å². The van der Waals surface area contributed by atoms with Crippen LogP contribution in [-0.4, -0.2) is 23.7 Å². The van der Waals surface area contributed by atoms with Gasteiger partial charge < -0.3 is 14.8 Å². The highest BCUT2D eigenvalue weighted by Crippen LogP contribution is 2.33. The monoisotopic (exact) mass is 318 g/mol. The third-order valence-corrected chi connectivity index (χ3v) is 3.20. The van der Waals surface area contributed by atoms with E-state index in [1.807, 2.05) is 0 Å². The Morgan fingerprint density at radius 3 is 2.48 bits per heavy atom. The van der Waals surface area contributed by atoms with Gasteiger partial charge in [-0.1, -0.05) is 12.1 Å². The Kier molecular flexibility index (Phi) is 3.80. The summed E-state index contributed by atoms with van der Waals surface area (Å²) < 4.78 is 24.5. The number of carbonyl (C=O) groups is 1. The Balaban J connectivity index is 1.65. The van der Waals surface area contributed by atoms with E-state index in [0.717, 1.165) is 18.2 Å². The number of non-ortho nitro benzene ring substituents is 1. The van der Waals surface area contributed by atoms with Crippen LogP contribution in [-0.2, 0) is 0 Å². The molecule has 1 heterocycles. The molecule has 23 heavy (non-hydrogen) atoms. The van der Waals surface area contributed by atoms with Gasteiger partial charge in [0, 0.05) is 12.1 Å². The average molecular weight is 318 g/mol. The normalized spacial score (nSPS) is 12.9. The average Bonchev–Trinajstić information content (AvgIpc) is 2.95. The molecule has 1 aliphatic rings. The van der Waals surface area contributed by atoms with Crippen molar-refractivity contribution in [3.05, 3.63) is 64.0 Å². The van der Waals surface area contributed by atoms with E-state index in [4.69, 9.17) is 9.47 Å². The number of amides is 1. The SMILES string of the molecule is O=C(NCC1Oc2ccccc2O1)c1cc([N+](=O)[O-])ccc1F. The van der Waals surface area contributed by atoms with Crippen molar-refractivity contribution >= 4 is 11.6 Å². The van der Waals surface area contributed by atoms with Gasteiger partial charge in [-0.25, -0.2) is 4.39 Å². The molecule has 8 heteroatoms. The third-order valence-electron chi connectivity index (χ3n) is 3.20. The molecule has 1 N–H and O–H groups in total. The van der Waals surface area contributed by atoms with Crippen molar-refractivity contribution in [3.8, 4) is 11.5 Å². The second kappa shape index (κ2) is 5.91. The maximum absolute atomic E-state index is 13.7. The Morgan fingerprint density at radius 1 is 1.22 bits per heavy atom. The molecule has 1 aliphatic heterocycles. The van der Waals surface area contributed by atoms with Crippen LogP contribution in [0.25, 0.3) is 0 Å². The molecule has 0 bridgehead atoms. The van der Waals surface area contributed by atoms with Gasteiger partial charge >= 0.3 is 0 Å². The molecule has 0 unspecified atom stereocenters. The molecule has 0 aliphatic carbocycles. The highest BCUT2D eigenvalue weighted by Gasteiger charge is 2.25. The Labute approximate surface area is 129 Å². The molecule has 0 saturated carbocycles. The molecule has 0 radical (unpaired) electrons. The number of nitrogens with one attached hydrogen (secondary N) is 1. The summed E-state index contributed by atoms with van der Waals surface area (Å²) in [6, 6.07) is 9.76. The van der Waals surface area contributed by atoms with Crippen LogP contribution >= 0.6 is 0 Å². The van der Waals surface area contributed by atoms with Gasteiger partial charge in [-0.05, 0) is 18.2 Å². The van der Waals surface area contributed by atoms with Gasteiger partial charge in [0.1, 0.15) is 5.82 Å². The number of ether oxygens (including phenoxy) is 2. The standard InChI is InChI=1S/C15H11FN2O5/c16-11-6-5-9(18(20)21)7-10(11)15(19)17-8-14-22-12-3-1-2-4-13(12)23-14/h1-7,14H,8H2,(H,17,19). The number of benzene rings is 2. The van der Waals surface area contributed by atoms with E-state index in [1.54, 1.807) is 24.3 Å². The molecule has 118 valence electrons. The maximum Gasteiger partial charge on any atom is 0.270 e. The lowest BCUT2D eigenvalue weighted by Crippen LogP contribution is -2.36. The number of carbonyl (C=O) groups excluding carboxylic acids is 1. The fourth-order valence-electron chi connectivity index (χ4n) is 2.11. The Bertz CT molecular complexity index is 755. The number of hydrogen-bond donors (Lipinski definition) is 1. The second-order valence-electron chi connectivity index (χ2n) is 4.74. The first-order valence-electron chi connectivity index (χ1n) is 6.69. The van der Waals surface area contributed by atoms with Crippen LogP contribution in [0.2, 0.25) is 0 Å². The van der Waals surface area contributed by atoms with E-state index >= 15 is 0 Å². The molecule has 0 fully saturated rings. The van der Waals surface area contributed by atoms with Crippen LogP contribution in [0.5, 0.6) is 11.5 Å². The zero-order chi connectivity index (χ0) is 16.4. The Morgan fingerprint density at radius 2 is 1.87 bits per heavy atom. The zero-order valence-electron chi connectivity index (χ0n) is 11.7. The summed E-state index contributed by atoms with van der Waals surface area (Å²) >= 11 is 0. The van der Waals surface area contributed by atoms with Crippen LogP contribution in [0.4, 0.5) is 10.1 Å². The molecule has 0 spiro atoms. The van der Waals surface area contributed by atoms with Crippen LogP contribution in [0, 0.1) is 15.9 Å². The number of halogens is 1. The van der Waals surface area contributed by atoms with Gasteiger partial charge in [-0.3, -0.25) is 14.9 Å². The first-order valence-corrected chi connectivity index (χ1v) is 6.69. The van der Waals surface area contributed by atoms with Crippen molar-refractivity contribution in [1.82, 2.24) is 5.32 Å². The summed E-state index contributed by atoms with van der Waals surface area (Å²) in [5.74, 6) is -0.527. The minimum Gasteiger partial charge on any atom is -0.449 e. The first-order chi connectivity index (χ1) is 11.0. The number of rotatable bonds is 4. The lowest BCUT2D eigenvalue weighted by Gasteiger charge is -2.11. The summed E-state index contributed by atoms with van der Waals surface area (Å²) in [6.45, 7) is -0.0321. The topological polar surface area (TPSA) is 90.7 Å². The van der Waals surface area contributed by atoms with E-state index < -0.39 is 28.5 Å². The summed E-state index contributed by atoms with van der Waals surface area (Å²) in [4.78, 5) is 22.0. The molecule has 2 aromatic rings. The fourth-order valence-corrected chi connectivity index (χ4v) is 2.11. The first kappa shape index (κ1) is 14.8. The minimum atomic E-state index is -0.843. The summed E-state index contributed by atoms with van der Waals surface area (Å²) in [5, 5.41) is 13.1. The molecule has 0 saturated heterocycles. The van der Waals surface area contributed by atoms with E-state index in [9.17, 15) is 19.3 Å². The molecule has 7 nitrogen and oxygen atoms in total. The number of hydrogen-bond acceptors (Lipinski definition) is 5. The van der Waals surface area contributed by atoms with Gasteiger partial charge in [0.05, 0.1) is 17.0 Å². The molecular formula is C15H11FN2O5. The largest absolute Gasteiger partial charge is 0.449 e. The molecule has 1 amide bonds. The van der Waals surface area contributed by atoms with Crippen molar-refractivity contribution in [2.24, 2.45) is 0 Å². The number of nitrogens with zero attached hydrogens (tertiary/aromatic N) is 1. The Hall–Kier alpha value is -3.16. The van der Waals surface area contributed by atoms with Gasteiger partial charge in [0.2, 0.25) is 0 Å². The van der Waals surface area contributed by atoms with Gasteiger partial charge in [0.25, 0.3) is 17.9 Å². The van der Waals surface area contributed by atoms with Crippen molar-refractivity contribution in [3.63, 3.8) is 0 Å². The van der Waals surface area contributed by atoms with E-state index in [1.165, 1.54) is 0 Å². The highest BCUT2D eigenvalue weighted by atomic mass is 19.1. The predicted octanol–water partition coefficient (Wildman–Crippen LogP) is 2.26. The van der Waals surface area contributed by atoms with Crippen LogP contribution in [0.15, 0.2) is 42.5 Å². The van der Waals surface area contributed by atoms with Crippen LogP contribution < -0.4 is 14.8 Å². The molecule has 2 aromatic carbocycles. The zero-order valence-corrected chi connectivity index (χ0v) is 11.7. The summed E-state index contributed by atoms with van der Waals surface area (Å²) in [7, 11) is 0. The van der Waals surface area contributed by atoms with E-state index in [-0.39, 0.29) is 12.2 Å². The smallest absolute Gasteiger partial charge is 0.270 e. The van der Waals surface area contributed by atoms with E-state index in [2.05, 4.69) is 5.32 Å². The number of fused-ring (bicyclic) bond motifs is 1. The lowest BCUT2D eigenvalue weighted by molar-refractivity contribution is -0.384. The second-order valence-corrected chi connectivity index (χ2v) is 4.74. The molecule has 3 rings (SSSR count). The summed E-state index contributed by atoms with van der Waals surface area (Å²) in [5.41, 5.74) is -0.771. The predicted molar refractivity (Wildman–Crippen MR) is 76.9 cm³/mol. The van der Waals surface area contributed by atoms with Crippen LogP contribution in [0.1, 0.15) is 10.4 Å². The van der Waals surface area contributed by atoms with Crippen molar-refractivity contribution < 1.29 is 23.6 Å².